The van der Waals surface area contributed by atoms with Crippen LogP contribution in [0.25, 0.3) is 0 Å². The van der Waals surface area contributed by atoms with Crippen molar-refractivity contribution < 1.29 is 4.79 Å². The maximum Gasteiger partial charge on any atom is 0.232 e. The van der Waals surface area contributed by atoms with Crippen molar-refractivity contribution >= 4 is 35.1 Å². The first-order valence-electron chi connectivity index (χ1n) is 10.3. The molecule has 2 heterocycles. The van der Waals surface area contributed by atoms with Crippen molar-refractivity contribution in [2.24, 2.45) is 0 Å². The Morgan fingerprint density at radius 3 is 2.53 bits per heavy atom. The van der Waals surface area contributed by atoms with Gasteiger partial charge in [0.05, 0.1) is 0 Å². The Kier molecular flexibility index (Phi) is 5.12. The molecule has 1 amide bonds. The highest BCUT2D eigenvalue weighted by Gasteiger charge is 2.28. The Morgan fingerprint density at radius 1 is 1.07 bits per heavy atom. The average molecular weight is 422 g/mol. The number of amides is 1. The number of hydrogen-bond acceptors (Lipinski definition) is 7. The van der Waals surface area contributed by atoms with Crippen LogP contribution in [0, 0.1) is 0 Å². The van der Waals surface area contributed by atoms with Crippen molar-refractivity contribution in [3.63, 3.8) is 0 Å². The van der Waals surface area contributed by atoms with E-state index in [1.54, 1.807) is 0 Å². The van der Waals surface area contributed by atoms with Crippen molar-refractivity contribution in [2.45, 2.75) is 60.9 Å². The minimum atomic E-state index is -0.0866. The van der Waals surface area contributed by atoms with Gasteiger partial charge in [-0.1, -0.05) is 6.42 Å². The molecule has 154 valence electrons. The van der Waals surface area contributed by atoms with Gasteiger partial charge in [0.2, 0.25) is 11.9 Å². The monoisotopic (exact) mass is 421 g/mol. The number of carbonyl (C=O) groups is 1. The zero-order chi connectivity index (χ0) is 20.5. The number of anilines is 3. The SMILES string of the molecule is CC(=O)Nc1ccc(Sc2nc(Nc3cc(C4CCC4)[nH]n3)nc(C3CC3)n2)cc1. The van der Waals surface area contributed by atoms with E-state index in [9.17, 15) is 4.79 Å². The van der Waals surface area contributed by atoms with Crippen LogP contribution in [0.5, 0.6) is 0 Å². The second-order valence-corrected chi connectivity index (χ2v) is 8.88. The minimum absolute atomic E-state index is 0.0866. The van der Waals surface area contributed by atoms with Crippen molar-refractivity contribution in [1.29, 1.82) is 0 Å². The number of aromatic amines is 1. The molecule has 30 heavy (non-hydrogen) atoms. The average Bonchev–Trinajstić information content (AvgIpc) is 3.43. The fourth-order valence-electron chi connectivity index (χ4n) is 3.36. The predicted octanol–water partition coefficient (Wildman–Crippen LogP) is 4.59. The Morgan fingerprint density at radius 2 is 1.87 bits per heavy atom. The highest BCUT2D eigenvalue weighted by Crippen LogP contribution is 2.40. The van der Waals surface area contributed by atoms with E-state index in [0.29, 0.717) is 22.9 Å². The van der Waals surface area contributed by atoms with Crippen LogP contribution in [0.2, 0.25) is 0 Å². The lowest BCUT2D eigenvalue weighted by Gasteiger charge is -2.23. The minimum Gasteiger partial charge on any atom is -0.326 e. The Bertz CT molecular complexity index is 1060. The van der Waals surface area contributed by atoms with Gasteiger partial charge >= 0.3 is 0 Å². The highest BCUT2D eigenvalue weighted by molar-refractivity contribution is 7.99. The molecule has 0 aliphatic heterocycles. The molecular weight excluding hydrogens is 398 g/mol. The van der Waals surface area contributed by atoms with Gasteiger partial charge in [-0.15, -0.1) is 0 Å². The van der Waals surface area contributed by atoms with Gasteiger partial charge in [0.25, 0.3) is 0 Å². The van der Waals surface area contributed by atoms with Crippen LogP contribution < -0.4 is 10.6 Å². The van der Waals surface area contributed by atoms with E-state index in [4.69, 9.17) is 0 Å². The Hall–Kier alpha value is -2.94. The molecule has 2 aliphatic rings. The van der Waals surface area contributed by atoms with Crippen LogP contribution in [0.3, 0.4) is 0 Å². The van der Waals surface area contributed by atoms with Crippen LogP contribution in [0.15, 0.2) is 40.4 Å². The lowest BCUT2D eigenvalue weighted by molar-refractivity contribution is -0.114. The van der Waals surface area contributed by atoms with E-state index < -0.39 is 0 Å². The Labute approximate surface area is 178 Å². The molecule has 9 heteroatoms. The molecule has 2 saturated carbocycles. The molecule has 0 bridgehead atoms. The topological polar surface area (TPSA) is 108 Å². The molecule has 2 aromatic heterocycles. The molecular formula is C21H23N7OS. The van der Waals surface area contributed by atoms with E-state index in [1.165, 1.54) is 43.6 Å². The molecule has 0 spiro atoms. The summed E-state index contributed by atoms with van der Waals surface area (Å²) in [6.45, 7) is 1.50. The molecule has 2 aliphatic carbocycles. The number of benzene rings is 1. The van der Waals surface area contributed by atoms with Gasteiger partial charge in [-0.05, 0) is 61.7 Å². The van der Waals surface area contributed by atoms with Gasteiger partial charge in [-0.25, -0.2) is 4.98 Å². The van der Waals surface area contributed by atoms with Crippen LogP contribution in [-0.2, 0) is 4.79 Å². The molecule has 3 aromatic rings. The number of nitrogens with one attached hydrogen (secondary N) is 3. The summed E-state index contributed by atoms with van der Waals surface area (Å²) in [5.41, 5.74) is 1.94. The van der Waals surface area contributed by atoms with Crippen LogP contribution in [0.4, 0.5) is 17.5 Å². The van der Waals surface area contributed by atoms with Gasteiger partial charge in [0.1, 0.15) is 5.82 Å². The Balaban J connectivity index is 1.34. The van der Waals surface area contributed by atoms with Gasteiger partial charge in [-0.2, -0.15) is 15.1 Å². The molecule has 5 rings (SSSR count). The fraction of sp³-hybridized carbons (Fsp3) is 0.381. The third kappa shape index (κ3) is 4.46. The normalized spacial score (nSPS) is 16.2. The number of H-pyrrole nitrogens is 1. The molecule has 0 atom stereocenters. The number of hydrogen-bond donors (Lipinski definition) is 3. The predicted molar refractivity (Wildman–Crippen MR) is 115 cm³/mol. The molecule has 0 unspecified atom stereocenters. The summed E-state index contributed by atoms with van der Waals surface area (Å²) in [4.78, 5) is 26.1. The summed E-state index contributed by atoms with van der Waals surface area (Å²) in [5.74, 6) is 3.02. The number of rotatable bonds is 7. The summed E-state index contributed by atoms with van der Waals surface area (Å²) in [6, 6.07) is 9.69. The van der Waals surface area contributed by atoms with Gasteiger partial charge in [0, 0.05) is 41.1 Å². The second kappa shape index (κ2) is 8.06. The third-order valence-corrected chi connectivity index (χ3v) is 6.21. The van der Waals surface area contributed by atoms with Crippen LogP contribution in [0.1, 0.15) is 62.4 Å². The molecule has 0 saturated heterocycles. The number of aromatic nitrogens is 5. The molecule has 0 radical (unpaired) electrons. The summed E-state index contributed by atoms with van der Waals surface area (Å²) in [7, 11) is 0. The summed E-state index contributed by atoms with van der Waals surface area (Å²) in [5, 5.41) is 14.2. The quantitative estimate of drug-likeness (QED) is 0.512. The van der Waals surface area contributed by atoms with E-state index in [-0.39, 0.29) is 5.91 Å². The molecule has 2 fully saturated rings. The van der Waals surface area contributed by atoms with Gasteiger partial charge in [0.15, 0.2) is 11.0 Å². The zero-order valence-corrected chi connectivity index (χ0v) is 17.5. The molecule has 3 N–H and O–H groups in total. The highest BCUT2D eigenvalue weighted by atomic mass is 32.2. The van der Waals surface area contributed by atoms with E-state index in [1.807, 2.05) is 24.3 Å². The van der Waals surface area contributed by atoms with Crippen molar-refractivity contribution in [1.82, 2.24) is 25.1 Å². The van der Waals surface area contributed by atoms with Crippen molar-refractivity contribution in [2.75, 3.05) is 10.6 Å². The van der Waals surface area contributed by atoms with Gasteiger partial charge < -0.3 is 10.6 Å². The summed E-state index contributed by atoms with van der Waals surface area (Å²) < 4.78 is 0. The largest absolute Gasteiger partial charge is 0.326 e. The van der Waals surface area contributed by atoms with Crippen molar-refractivity contribution in [3.8, 4) is 0 Å². The zero-order valence-electron chi connectivity index (χ0n) is 16.7. The first-order valence-corrected chi connectivity index (χ1v) is 11.1. The lowest BCUT2D eigenvalue weighted by Crippen LogP contribution is -2.08. The molecule has 8 nitrogen and oxygen atoms in total. The lowest BCUT2D eigenvalue weighted by atomic mass is 9.83. The maximum absolute atomic E-state index is 11.2. The third-order valence-electron chi connectivity index (χ3n) is 5.34. The maximum atomic E-state index is 11.2. The summed E-state index contributed by atoms with van der Waals surface area (Å²) in [6.07, 6.45) is 5.97. The van der Waals surface area contributed by atoms with Crippen LogP contribution >= 0.6 is 11.8 Å². The standard InChI is InChI=1S/C21H23N7OS/c1-12(29)22-15-7-9-16(10-8-15)30-21-25-19(14-5-6-14)24-20(26-21)23-18-11-17(27-28-18)13-3-2-4-13/h7-11,13-14H,2-6H2,1H3,(H,22,29)(H2,23,24,25,26,27,28). The second-order valence-electron chi connectivity index (χ2n) is 7.84. The van der Waals surface area contributed by atoms with Crippen molar-refractivity contribution in [3.05, 3.63) is 41.9 Å². The molecule has 1 aromatic carbocycles. The number of carbonyl (C=O) groups excluding carboxylic acids is 1. The first-order chi connectivity index (χ1) is 14.6. The van der Waals surface area contributed by atoms with Gasteiger partial charge in [-0.3, -0.25) is 9.89 Å². The van der Waals surface area contributed by atoms with Crippen LogP contribution in [-0.4, -0.2) is 31.1 Å². The smallest absolute Gasteiger partial charge is 0.232 e. The first kappa shape index (κ1) is 19.0. The summed E-state index contributed by atoms with van der Waals surface area (Å²) >= 11 is 1.48. The van der Waals surface area contributed by atoms with E-state index in [0.717, 1.165) is 35.1 Å². The van der Waals surface area contributed by atoms with E-state index in [2.05, 4.69) is 41.8 Å². The fourth-order valence-corrected chi connectivity index (χ4v) is 4.11. The number of nitrogens with zero attached hydrogens (tertiary/aromatic N) is 4. The van der Waals surface area contributed by atoms with E-state index >= 15 is 0 Å².